The molecule has 5 fully saturated rings. The van der Waals surface area contributed by atoms with E-state index in [1.807, 2.05) is 0 Å². The van der Waals surface area contributed by atoms with E-state index in [4.69, 9.17) is 0 Å². The van der Waals surface area contributed by atoms with Gasteiger partial charge in [0.2, 0.25) is 5.91 Å². The number of aliphatic hydroxyl groups excluding tert-OH is 1. The highest BCUT2D eigenvalue weighted by Gasteiger charge is 2.63. The summed E-state index contributed by atoms with van der Waals surface area (Å²) in [6.07, 6.45) is 3.58. The number of hydrogen-bond donors (Lipinski definition) is 1. The van der Waals surface area contributed by atoms with Crippen molar-refractivity contribution in [1.29, 1.82) is 0 Å². The Morgan fingerprint density at radius 1 is 1.12 bits per heavy atom. The van der Waals surface area contributed by atoms with Crippen LogP contribution in [-0.2, 0) is 10.2 Å². The quantitative estimate of drug-likeness (QED) is 0.898. The van der Waals surface area contributed by atoms with E-state index in [0.717, 1.165) is 18.4 Å². The summed E-state index contributed by atoms with van der Waals surface area (Å²) in [7, 11) is 0. The molecule has 1 aromatic carbocycles. The van der Waals surface area contributed by atoms with Crippen molar-refractivity contribution in [3.8, 4) is 0 Å². The molecule has 0 spiro atoms. The lowest BCUT2D eigenvalue weighted by molar-refractivity contribution is -0.156. The van der Waals surface area contributed by atoms with Crippen LogP contribution in [0.25, 0.3) is 0 Å². The van der Waals surface area contributed by atoms with Gasteiger partial charge in [-0.2, -0.15) is 0 Å². The summed E-state index contributed by atoms with van der Waals surface area (Å²) < 4.78 is 28.8. The summed E-state index contributed by atoms with van der Waals surface area (Å²) in [4.78, 5) is 14.6. The summed E-state index contributed by atoms with van der Waals surface area (Å²) in [6.45, 7) is 0.784. The van der Waals surface area contributed by atoms with Gasteiger partial charge in [0.25, 0.3) is 0 Å². The molecule has 1 aromatic rings. The van der Waals surface area contributed by atoms with Crippen molar-refractivity contribution >= 4 is 5.91 Å². The number of rotatable bonds is 3. The van der Waals surface area contributed by atoms with Gasteiger partial charge in [0.1, 0.15) is 11.5 Å². The van der Waals surface area contributed by atoms with Crippen LogP contribution in [0.4, 0.5) is 8.78 Å². The monoisotopic (exact) mass is 361 g/mol. The SMILES string of the molecule is O=C(CC1(c2ccc(F)cc2)C2CC3CC1CC(F)(C3)C2)N1CC(O)C1. The fraction of sp³-hybridized carbons (Fsp3) is 0.667. The Bertz CT molecular complexity index is 712. The molecule has 2 unspecified atom stereocenters. The fourth-order valence-corrected chi connectivity index (χ4v) is 6.65. The van der Waals surface area contributed by atoms with E-state index in [2.05, 4.69) is 0 Å². The molecule has 0 aromatic heterocycles. The van der Waals surface area contributed by atoms with Crippen LogP contribution in [0, 0.1) is 23.6 Å². The van der Waals surface area contributed by atoms with Crippen LogP contribution in [0.1, 0.15) is 44.1 Å². The van der Waals surface area contributed by atoms with Gasteiger partial charge < -0.3 is 10.0 Å². The second-order valence-corrected chi connectivity index (χ2v) is 9.17. The highest BCUT2D eigenvalue weighted by Crippen LogP contribution is 2.66. The molecule has 26 heavy (non-hydrogen) atoms. The number of hydrogen-bond acceptors (Lipinski definition) is 2. The third-order valence-corrected chi connectivity index (χ3v) is 7.61. The van der Waals surface area contributed by atoms with Crippen LogP contribution in [0.2, 0.25) is 0 Å². The van der Waals surface area contributed by atoms with Gasteiger partial charge in [-0.05, 0) is 67.6 Å². The smallest absolute Gasteiger partial charge is 0.223 e. The van der Waals surface area contributed by atoms with E-state index in [9.17, 15) is 14.3 Å². The highest BCUT2D eigenvalue weighted by atomic mass is 19.1. The van der Waals surface area contributed by atoms with Gasteiger partial charge in [-0.1, -0.05) is 12.1 Å². The summed E-state index contributed by atoms with van der Waals surface area (Å²) in [5.74, 6) is 0.456. The second-order valence-electron chi connectivity index (χ2n) is 9.17. The van der Waals surface area contributed by atoms with Crippen molar-refractivity contribution in [2.45, 2.75) is 55.7 Å². The van der Waals surface area contributed by atoms with Crippen molar-refractivity contribution < 1.29 is 18.7 Å². The summed E-state index contributed by atoms with van der Waals surface area (Å²) in [5.41, 5.74) is -0.473. The lowest BCUT2D eigenvalue weighted by Gasteiger charge is -2.63. The number of β-amino-alcohol motifs (C(OH)–C–C–N with tert-alkyl or cyclic N) is 1. The average Bonchev–Trinajstić information content (AvgIpc) is 2.54. The number of aliphatic hydroxyl groups is 1. The number of carbonyl (C=O) groups is 1. The zero-order valence-corrected chi connectivity index (χ0v) is 14.8. The number of carbonyl (C=O) groups excluding carboxylic acids is 1. The second kappa shape index (κ2) is 5.51. The van der Waals surface area contributed by atoms with Gasteiger partial charge in [0.05, 0.1) is 6.10 Å². The number of alkyl halides is 1. The van der Waals surface area contributed by atoms with Crippen molar-refractivity contribution in [2.75, 3.05) is 13.1 Å². The molecule has 1 saturated heterocycles. The summed E-state index contributed by atoms with van der Waals surface area (Å²) >= 11 is 0. The average molecular weight is 361 g/mol. The van der Waals surface area contributed by atoms with Gasteiger partial charge in [-0.25, -0.2) is 8.78 Å². The van der Waals surface area contributed by atoms with Crippen LogP contribution < -0.4 is 0 Å². The zero-order chi connectivity index (χ0) is 18.1. The van der Waals surface area contributed by atoms with Crippen molar-refractivity contribution in [1.82, 2.24) is 4.90 Å². The molecule has 0 radical (unpaired) electrons. The largest absolute Gasteiger partial charge is 0.389 e. The van der Waals surface area contributed by atoms with Crippen molar-refractivity contribution in [2.24, 2.45) is 17.8 Å². The first kappa shape index (κ1) is 16.7. The van der Waals surface area contributed by atoms with Crippen molar-refractivity contribution in [3.63, 3.8) is 0 Å². The molecule has 140 valence electrons. The van der Waals surface area contributed by atoms with Crippen LogP contribution in [-0.4, -0.2) is 40.8 Å². The molecule has 4 aliphatic carbocycles. The van der Waals surface area contributed by atoms with E-state index < -0.39 is 17.2 Å². The molecular weight excluding hydrogens is 336 g/mol. The molecule has 1 heterocycles. The molecular formula is C21H25F2NO2. The first-order valence-corrected chi connectivity index (χ1v) is 9.79. The lowest BCUT2D eigenvalue weighted by Crippen LogP contribution is -2.63. The Labute approximate surface area is 152 Å². The first-order chi connectivity index (χ1) is 12.4. The van der Waals surface area contributed by atoms with Crippen molar-refractivity contribution in [3.05, 3.63) is 35.6 Å². The van der Waals surface area contributed by atoms with E-state index in [0.29, 0.717) is 44.7 Å². The molecule has 5 heteroatoms. The van der Waals surface area contributed by atoms with Gasteiger partial charge in [-0.3, -0.25) is 4.79 Å². The van der Waals surface area contributed by atoms with Gasteiger partial charge in [0, 0.05) is 24.9 Å². The normalized spacial score (nSPS) is 41.3. The topological polar surface area (TPSA) is 40.5 Å². The number of benzene rings is 1. The van der Waals surface area contributed by atoms with Crippen LogP contribution in [0.15, 0.2) is 24.3 Å². The number of likely N-dealkylation sites (tertiary alicyclic amines) is 1. The van der Waals surface area contributed by atoms with E-state index >= 15 is 4.39 Å². The predicted octanol–water partition coefficient (Wildman–Crippen LogP) is 3.20. The maximum absolute atomic E-state index is 15.2. The third-order valence-electron chi connectivity index (χ3n) is 7.61. The Morgan fingerprint density at radius 2 is 1.73 bits per heavy atom. The number of amides is 1. The molecule has 1 amide bonds. The molecule has 1 aliphatic heterocycles. The van der Waals surface area contributed by atoms with Gasteiger partial charge in [-0.15, -0.1) is 0 Å². The maximum Gasteiger partial charge on any atom is 0.223 e. The van der Waals surface area contributed by atoms with E-state index in [-0.39, 0.29) is 23.6 Å². The zero-order valence-electron chi connectivity index (χ0n) is 14.8. The van der Waals surface area contributed by atoms with Crippen LogP contribution >= 0.6 is 0 Å². The van der Waals surface area contributed by atoms with E-state index in [1.54, 1.807) is 17.0 Å². The minimum Gasteiger partial charge on any atom is -0.389 e. The Morgan fingerprint density at radius 3 is 2.27 bits per heavy atom. The molecule has 4 saturated carbocycles. The Kier molecular flexibility index (Phi) is 3.53. The third kappa shape index (κ3) is 2.35. The molecule has 3 nitrogen and oxygen atoms in total. The summed E-state index contributed by atoms with van der Waals surface area (Å²) in [6, 6.07) is 6.54. The van der Waals surface area contributed by atoms with Gasteiger partial charge >= 0.3 is 0 Å². The molecule has 6 rings (SSSR count). The molecule has 2 atom stereocenters. The van der Waals surface area contributed by atoms with E-state index in [1.165, 1.54) is 12.1 Å². The van der Waals surface area contributed by atoms with Crippen LogP contribution in [0.3, 0.4) is 0 Å². The molecule has 5 aliphatic rings. The highest BCUT2D eigenvalue weighted by molar-refractivity contribution is 5.79. The summed E-state index contributed by atoms with van der Waals surface area (Å²) in [5, 5.41) is 9.54. The maximum atomic E-state index is 15.2. The number of halogens is 2. The first-order valence-electron chi connectivity index (χ1n) is 9.79. The predicted molar refractivity (Wildman–Crippen MR) is 92.7 cm³/mol. The minimum atomic E-state index is -1.07. The van der Waals surface area contributed by atoms with Gasteiger partial charge in [0.15, 0.2) is 0 Å². The minimum absolute atomic E-state index is 0.0417. The molecule has 1 N–H and O–H groups in total. The number of nitrogens with zero attached hydrogens (tertiary/aromatic N) is 1. The standard InChI is InChI=1S/C21H25F2NO2/c22-17-3-1-14(2-4-17)21(10-19(26)24-11-18(25)12-24)15-5-13-6-16(21)9-20(23,7-13)8-15/h1-4,13,15-16,18,25H,5-12H2. The fourth-order valence-electron chi connectivity index (χ4n) is 6.65. The van der Waals surface area contributed by atoms with Crippen LogP contribution in [0.5, 0.6) is 0 Å². The molecule has 4 bridgehead atoms. The Hall–Kier alpha value is -1.49. The lowest BCUT2D eigenvalue weighted by atomic mass is 9.42. The Balaban J connectivity index is 1.53.